The van der Waals surface area contributed by atoms with E-state index in [1.54, 1.807) is 0 Å². The summed E-state index contributed by atoms with van der Waals surface area (Å²) in [4.78, 5) is 13.8. The molecule has 190 valence electrons. The van der Waals surface area contributed by atoms with Gasteiger partial charge in [0.05, 0.1) is 12.3 Å². The Morgan fingerprint density at radius 1 is 1.06 bits per heavy atom. The lowest BCUT2D eigenvalue weighted by Crippen LogP contribution is -2.34. The minimum Gasteiger partial charge on any atom is -0.493 e. The second-order valence-electron chi connectivity index (χ2n) is 9.67. The first-order valence-electron chi connectivity index (χ1n) is 13.2. The number of piperidine rings is 1. The standard InChI is InChI=1S/C29H36N4O.C2H4/c1-4-22-17-24(10-9-20(22)2)23-11-14-33(15-12-23)13-6-16-34-28-8-5-7-26-25(28)18-27(32-26)29-30-19-21(3)31-29;1-2/h5,7-10,17-19,23,32H,4,6,11-16H2,1-3H3,(H,30,31);1-2H2. The van der Waals surface area contributed by atoms with Gasteiger partial charge >= 0.3 is 0 Å². The Bertz CT molecular complexity index is 1260. The number of rotatable bonds is 8. The van der Waals surface area contributed by atoms with E-state index in [2.05, 4.69) is 83.3 Å². The van der Waals surface area contributed by atoms with Crippen LogP contribution in [0.5, 0.6) is 5.75 Å². The van der Waals surface area contributed by atoms with Gasteiger partial charge in [-0.3, -0.25) is 0 Å². The van der Waals surface area contributed by atoms with Crippen molar-refractivity contribution < 1.29 is 4.74 Å². The van der Waals surface area contributed by atoms with Gasteiger partial charge in [-0.05, 0) is 93.4 Å². The second kappa shape index (κ2) is 12.1. The third kappa shape index (κ3) is 5.90. The molecule has 36 heavy (non-hydrogen) atoms. The van der Waals surface area contributed by atoms with E-state index in [1.165, 1.54) is 42.6 Å². The van der Waals surface area contributed by atoms with Gasteiger partial charge in [0.2, 0.25) is 0 Å². The summed E-state index contributed by atoms with van der Waals surface area (Å²) in [6, 6.07) is 15.4. The summed E-state index contributed by atoms with van der Waals surface area (Å²) in [5, 5.41) is 1.11. The highest BCUT2D eigenvalue weighted by Gasteiger charge is 2.21. The van der Waals surface area contributed by atoms with Crippen LogP contribution in [0, 0.1) is 13.8 Å². The van der Waals surface area contributed by atoms with Gasteiger partial charge in [-0.2, -0.15) is 0 Å². The van der Waals surface area contributed by atoms with Crippen molar-refractivity contribution in [2.24, 2.45) is 0 Å². The Balaban J connectivity index is 0.00000148. The summed E-state index contributed by atoms with van der Waals surface area (Å²) in [6.45, 7) is 16.7. The summed E-state index contributed by atoms with van der Waals surface area (Å²) < 4.78 is 6.21. The monoisotopic (exact) mass is 484 g/mol. The molecule has 0 saturated carbocycles. The van der Waals surface area contributed by atoms with Crippen molar-refractivity contribution in [3.8, 4) is 17.3 Å². The molecular formula is C31H40N4O. The van der Waals surface area contributed by atoms with Crippen LogP contribution >= 0.6 is 0 Å². The van der Waals surface area contributed by atoms with E-state index >= 15 is 0 Å². The van der Waals surface area contributed by atoms with E-state index in [4.69, 9.17) is 4.74 Å². The molecule has 1 aliphatic heterocycles. The molecule has 0 radical (unpaired) electrons. The number of hydrogen-bond acceptors (Lipinski definition) is 3. The van der Waals surface area contributed by atoms with Gasteiger partial charge in [0, 0.05) is 29.3 Å². The SMILES string of the molecule is C=C.CCc1cc(C2CCN(CCCOc3cccc4[nH]c(-c5ncc(C)[nH]5)cc34)CC2)ccc1C. The zero-order chi connectivity index (χ0) is 25.5. The minimum absolute atomic E-state index is 0.705. The second-order valence-corrected chi connectivity index (χ2v) is 9.67. The lowest BCUT2D eigenvalue weighted by molar-refractivity contribution is 0.193. The van der Waals surface area contributed by atoms with Gasteiger partial charge in [0.25, 0.3) is 0 Å². The van der Waals surface area contributed by atoms with Crippen LogP contribution in [0.1, 0.15) is 54.5 Å². The number of aromatic amines is 2. The lowest BCUT2D eigenvalue weighted by atomic mass is 9.87. The van der Waals surface area contributed by atoms with E-state index in [9.17, 15) is 0 Å². The number of H-pyrrole nitrogens is 2. The normalized spacial score (nSPS) is 14.5. The summed E-state index contributed by atoms with van der Waals surface area (Å²) in [7, 11) is 0. The first kappa shape index (κ1) is 25.8. The molecule has 5 nitrogen and oxygen atoms in total. The number of nitrogens with zero attached hydrogens (tertiary/aromatic N) is 2. The molecule has 2 aromatic heterocycles. The van der Waals surface area contributed by atoms with Crippen LogP contribution in [0.3, 0.4) is 0 Å². The average Bonchev–Trinajstić information content (AvgIpc) is 3.55. The molecule has 0 aliphatic carbocycles. The molecule has 2 aromatic carbocycles. The van der Waals surface area contributed by atoms with Crippen molar-refractivity contribution >= 4 is 10.9 Å². The van der Waals surface area contributed by atoms with E-state index in [-0.39, 0.29) is 0 Å². The maximum Gasteiger partial charge on any atom is 0.154 e. The van der Waals surface area contributed by atoms with Crippen molar-refractivity contribution in [3.05, 3.63) is 84.2 Å². The van der Waals surface area contributed by atoms with Crippen LogP contribution in [0.25, 0.3) is 22.4 Å². The van der Waals surface area contributed by atoms with Crippen LogP contribution < -0.4 is 4.74 Å². The number of fused-ring (bicyclic) bond motifs is 1. The topological polar surface area (TPSA) is 56.9 Å². The minimum atomic E-state index is 0.705. The van der Waals surface area contributed by atoms with Gasteiger partial charge < -0.3 is 19.6 Å². The molecule has 1 saturated heterocycles. The number of nitrogens with one attached hydrogen (secondary N) is 2. The molecule has 0 atom stereocenters. The number of likely N-dealkylation sites (tertiary alicyclic amines) is 1. The Morgan fingerprint density at radius 2 is 1.86 bits per heavy atom. The van der Waals surface area contributed by atoms with Gasteiger partial charge in [-0.25, -0.2) is 4.98 Å². The fraction of sp³-hybridized carbons (Fsp3) is 0.387. The molecule has 0 amide bonds. The quantitative estimate of drug-likeness (QED) is 0.206. The van der Waals surface area contributed by atoms with Crippen molar-refractivity contribution in [2.75, 3.05) is 26.2 Å². The molecule has 5 rings (SSSR count). The van der Waals surface area contributed by atoms with Crippen LogP contribution in [-0.4, -0.2) is 46.1 Å². The van der Waals surface area contributed by atoms with Gasteiger partial charge in [0.1, 0.15) is 5.75 Å². The smallest absolute Gasteiger partial charge is 0.154 e. The zero-order valence-electron chi connectivity index (χ0n) is 22.1. The molecule has 0 bridgehead atoms. The summed E-state index contributed by atoms with van der Waals surface area (Å²) in [6.07, 6.45) is 6.53. The Hall–Kier alpha value is -3.31. The predicted molar refractivity (Wildman–Crippen MR) is 151 cm³/mol. The van der Waals surface area contributed by atoms with E-state index in [0.29, 0.717) is 5.92 Å². The van der Waals surface area contributed by atoms with Crippen LogP contribution in [-0.2, 0) is 6.42 Å². The first-order valence-corrected chi connectivity index (χ1v) is 13.2. The van der Waals surface area contributed by atoms with E-state index < -0.39 is 0 Å². The lowest BCUT2D eigenvalue weighted by Gasteiger charge is -2.32. The van der Waals surface area contributed by atoms with Crippen molar-refractivity contribution in [3.63, 3.8) is 0 Å². The summed E-state index contributed by atoms with van der Waals surface area (Å²) in [5.74, 6) is 2.50. The third-order valence-corrected chi connectivity index (χ3v) is 7.27. The molecule has 5 heteroatoms. The van der Waals surface area contributed by atoms with Crippen LogP contribution in [0.2, 0.25) is 0 Å². The van der Waals surface area contributed by atoms with Gasteiger partial charge in [-0.15, -0.1) is 13.2 Å². The van der Waals surface area contributed by atoms with Crippen molar-refractivity contribution in [2.45, 2.75) is 52.4 Å². The number of benzene rings is 2. The predicted octanol–water partition coefficient (Wildman–Crippen LogP) is 7.19. The molecule has 0 spiro atoms. The molecule has 0 unspecified atom stereocenters. The van der Waals surface area contributed by atoms with Gasteiger partial charge in [0.15, 0.2) is 5.82 Å². The van der Waals surface area contributed by atoms with Crippen LogP contribution in [0.15, 0.2) is 61.8 Å². The van der Waals surface area contributed by atoms with Crippen molar-refractivity contribution in [1.82, 2.24) is 19.9 Å². The molecule has 1 aliphatic rings. The zero-order valence-corrected chi connectivity index (χ0v) is 22.1. The third-order valence-electron chi connectivity index (χ3n) is 7.27. The fourth-order valence-electron chi connectivity index (χ4n) is 5.22. The molecule has 2 N–H and O–H groups in total. The maximum absolute atomic E-state index is 6.21. The number of hydrogen-bond donors (Lipinski definition) is 2. The maximum atomic E-state index is 6.21. The largest absolute Gasteiger partial charge is 0.493 e. The Labute approximate surface area is 215 Å². The number of aryl methyl sites for hydroxylation is 3. The van der Waals surface area contributed by atoms with E-state index in [0.717, 1.165) is 59.9 Å². The highest BCUT2D eigenvalue weighted by atomic mass is 16.5. The summed E-state index contributed by atoms with van der Waals surface area (Å²) in [5.41, 5.74) is 7.58. The molecule has 3 heterocycles. The van der Waals surface area contributed by atoms with Crippen molar-refractivity contribution in [1.29, 1.82) is 0 Å². The average molecular weight is 485 g/mol. The summed E-state index contributed by atoms with van der Waals surface area (Å²) >= 11 is 0. The number of aromatic nitrogens is 3. The Kier molecular flexibility index (Phi) is 8.65. The fourth-order valence-corrected chi connectivity index (χ4v) is 5.22. The molecular weight excluding hydrogens is 444 g/mol. The molecule has 1 fully saturated rings. The highest BCUT2D eigenvalue weighted by Crippen LogP contribution is 2.31. The van der Waals surface area contributed by atoms with Crippen LogP contribution in [0.4, 0.5) is 0 Å². The Morgan fingerprint density at radius 3 is 2.58 bits per heavy atom. The van der Waals surface area contributed by atoms with E-state index in [1.807, 2.05) is 19.2 Å². The first-order chi connectivity index (χ1) is 17.6. The number of ether oxygens (including phenoxy) is 1. The highest BCUT2D eigenvalue weighted by molar-refractivity contribution is 5.90. The van der Waals surface area contributed by atoms with Gasteiger partial charge in [-0.1, -0.05) is 31.2 Å². The molecule has 4 aromatic rings. The number of imidazole rings is 1.